The van der Waals surface area contributed by atoms with Crippen LogP contribution in [0.4, 0.5) is 5.95 Å². The number of anilines is 1. The van der Waals surface area contributed by atoms with Gasteiger partial charge in [-0.05, 0) is 30.9 Å². The smallest absolute Gasteiger partial charge is 0.243 e. The molecule has 1 aromatic carbocycles. The van der Waals surface area contributed by atoms with Crippen LogP contribution >= 0.6 is 0 Å². The van der Waals surface area contributed by atoms with E-state index in [1.54, 1.807) is 0 Å². The van der Waals surface area contributed by atoms with Crippen LogP contribution in [-0.2, 0) is 0 Å². The number of nitrogens with zero attached hydrogens (tertiary/aromatic N) is 3. The third kappa shape index (κ3) is 1.83. The standard InChI is InChI=1S/C12H14N4/c1-2-7-11-10(6-1)14-12(16-15-11)13-8-9-4-3-5-9/h1-2,6-7,9H,3-5,8H2,(H,13,14,16). The zero-order chi connectivity index (χ0) is 10.8. The summed E-state index contributed by atoms with van der Waals surface area (Å²) in [5.41, 5.74) is 1.74. The van der Waals surface area contributed by atoms with E-state index in [0.29, 0.717) is 5.95 Å². The maximum absolute atomic E-state index is 4.42. The zero-order valence-electron chi connectivity index (χ0n) is 9.06. The highest BCUT2D eigenvalue weighted by Gasteiger charge is 2.17. The van der Waals surface area contributed by atoms with Crippen molar-refractivity contribution in [2.24, 2.45) is 5.92 Å². The summed E-state index contributed by atoms with van der Waals surface area (Å²) in [6, 6.07) is 7.79. The fraction of sp³-hybridized carbons (Fsp3) is 0.417. The zero-order valence-corrected chi connectivity index (χ0v) is 9.06. The third-order valence-corrected chi connectivity index (χ3v) is 3.13. The van der Waals surface area contributed by atoms with E-state index in [4.69, 9.17) is 0 Å². The first-order chi connectivity index (χ1) is 7.92. The lowest BCUT2D eigenvalue weighted by atomic mass is 9.85. The van der Waals surface area contributed by atoms with Gasteiger partial charge in [0, 0.05) is 6.54 Å². The van der Waals surface area contributed by atoms with Gasteiger partial charge in [-0.3, -0.25) is 0 Å². The molecule has 0 aliphatic heterocycles. The molecule has 0 spiro atoms. The number of benzene rings is 1. The Morgan fingerprint density at radius 2 is 1.94 bits per heavy atom. The number of rotatable bonds is 3. The molecule has 16 heavy (non-hydrogen) atoms. The number of fused-ring (bicyclic) bond motifs is 1. The Morgan fingerprint density at radius 3 is 2.69 bits per heavy atom. The summed E-state index contributed by atoms with van der Waals surface area (Å²) < 4.78 is 0. The molecule has 3 rings (SSSR count). The largest absolute Gasteiger partial charge is 0.353 e. The van der Waals surface area contributed by atoms with Gasteiger partial charge < -0.3 is 5.32 Å². The van der Waals surface area contributed by atoms with E-state index in [9.17, 15) is 0 Å². The van der Waals surface area contributed by atoms with Gasteiger partial charge in [-0.15, -0.1) is 10.2 Å². The molecule has 0 bridgehead atoms. The van der Waals surface area contributed by atoms with Gasteiger partial charge in [-0.25, -0.2) is 4.98 Å². The van der Waals surface area contributed by atoms with E-state index < -0.39 is 0 Å². The normalized spacial score (nSPS) is 16.0. The summed E-state index contributed by atoms with van der Waals surface area (Å²) in [5, 5.41) is 11.4. The summed E-state index contributed by atoms with van der Waals surface area (Å²) in [6.07, 6.45) is 4.02. The van der Waals surface area contributed by atoms with E-state index in [1.807, 2.05) is 24.3 Å². The number of para-hydroxylation sites is 1. The molecule has 0 radical (unpaired) electrons. The lowest BCUT2D eigenvalue weighted by molar-refractivity contribution is 0.333. The second kappa shape index (κ2) is 4.04. The molecule has 1 aliphatic rings. The van der Waals surface area contributed by atoms with Crippen LogP contribution in [-0.4, -0.2) is 21.7 Å². The van der Waals surface area contributed by atoms with E-state index in [-0.39, 0.29) is 0 Å². The van der Waals surface area contributed by atoms with Crippen LogP contribution in [0.25, 0.3) is 11.0 Å². The number of hydrogen-bond acceptors (Lipinski definition) is 4. The Hall–Kier alpha value is -1.71. The maximum Gasteiger partial charge on any atom is 0.243 e. The SMILES string of the molecule is c1ccc2nc(NCC3CCC3)nnc2c1. The van der Waals surface area contributed by atoms with Crippen molar-refractivity contribution in [2.45, 2.75) is 19.3 Å². The van der Waals surface area contributed by atoms with E-state index in [2.05, 4.69) is 20.5 Å². The summed E-state index contributed by atoms with van der Waals surface area (Å²) in [7, 11) is 0. The van der Waals surface area contributed by atoms with Crippen LogP contribution in [0.5, 0.6) is 0 Å². The second-order valence-corrected chi connectivity index (χ2v) is 4.30. The molecule has 1 fully saturated rings. The van der Waals surface area contributed by atoms with Crippen LogP contribution in [0, 0.1) is 5.92 Å². The fourth-order valence-corrected chi connectivity index (χ4v) is 1.89. The summed E-state index contributed by atoms with van der Waals surface area (Å²) in [6.45, 7) is 0.972. The first kappa shape index (κ1) is 9.51. The molecule has 0 atom stereocenters. The topological polar surface area (TPSA) is 50.7 Å². The van der Waals surface area contributed by atoms with Crippen LogP contribution in [0.3, 0.4) is 0 Å². The van der Waals surface area contributed by atoms with Gasteiger partial charge in [-0.1, -0.05) is 18.6 Å². The van der Waals surface area contributed by atoms with E-state index in [1.165, 1.54) is 19.3 Å². The first-order valence-electron chi connectivity index (χ1n) is 5.75. The van der Waals surface area contributed by atoms with Gasteiger partial charge in [0.05, 0.1) is 5.52 Å². The molecule has 0 unspecified atom stereocenters. The van der Waals surface area contributed by atoms with Gasteiger partial charge in [0.1, 0.15) is 5.52 Å². The molecule has 4 heteroatoms. The minimum Gasteiger partial charge on any atom is -0.353 e. The summed E-state index contributed by atoms with van der Waals surface area (Å²) in [5.74, 6) is 1.45. The lowest BCUT2D eigenvalue weighted by Crippen LogP contribution is -2.21. The van der Waals surface area contributed by atoms with Crippen LogP contribution in [0.1, 0.15) is 19.3 Å². The maximum atomic E-state index is 4.42. The van der Waals surface area contributed by atoms with Crippen molar-refractivity contribution in [2.75, 3.05) is 11.9 Å². The van der Waals surface area contributed by atoms with Crippen molar-refractivity contribution in [3.8, 4) is 0 Å². The molecule has 0 amide bonds. The van der Waals surface area contributed by atoms with Crippen molar-refractivity contribution in [3.63, 3.8) is 0 Å². The van der Waals surface area contributed by atoms with Gasteiger partial charge >= 0.3 is 0 Å². The average Bonchev–Trinajstić information content (AvgIpc) is 2.27. The predicted octanol–water partition coefficient (Wildman–Crippen LogP) is 2.24. The average molecular weight is 214 g/mol. The number of hydrogen-bond donors (Lipinski definition) is 1. The minimum atomic E-state index is 0.644. The minimum absolute atomic E-state index is 0.644. The van der Waals surface area contributed by atoms with Gasteiger partial charge in [0.2, 0.25) is 5.95 Å². The highest BCUT2D eigenvalue weighted by atomic mass is 15.2. The predicted molar refractivity (Wildman–Crippen MR) is 63.2 cm³/mol. The highest BCUT2D eigenvalue weighted by Crippen LogP contribution is 2.26. The van der Waals surface area contributed by atoms with Crippen molar-refractivity contribution in [3.05, 3.63) is 24.3 Å². The monoisotopic (exact) mass is 214 g/mol. The summed E-state index contributed by atoms with van der Waals surface area (Å²) in [4.78, 5) is 4.42. The van der Waals surface area contributed by atoms with E-state index in [0.717, 1.165) is 23.5 Å². The van der Waals surface area contributed by atoms with Crippen molar-refractivity contribution in [1.82, 2.24) is 15.2 Å². The summed E-state index contributed by atoms with van der Waals surface area (Å²) >= 11 is 0. The molecular weight excluding hydrogens is 200 g/mol. The lowest BCUT2D eigenvalue weighted by Gasteiger charge is -2.25. The highest BCUT2D eigenvalue weighted by molar-refractivity contribution is 5.73. The molecule has 1 saturated carbocycles. The molecule has 2 aromatic rings. The van der Waals surface area contributed by atoms with Crippen molar-refractivity contribution < 1.29 is 0 Å². The number of aromatic nitrogens is 3. The quantitative estimate of drug-likeness (QED) is 0.851. The number of nitrogens with one attached hydrogen (secondary N) is 1. The Labute approximate surface area is 94.1 Å². The van der Waals surface area contributed by atoms with Crippen LogP contribution in [0.2, 0.25) is 0 Å². The van der Waals surface area contributed by atoms with E-state index >= 15 is 0 Å². The Morgan fingerprint density at radius 1 is 1.12 bits per heavy atom. The Kier molecular flexibility index (Phi) is 2.40. The molecule has 82 valence electrons. The second-order valence-electron chi connectivity index (χ2n) is 4.30. The van der Waals surface area contributed by atoms with Crippen LogP contribution < -0.4 is 5.32 Å². The van der Waals surface area contributed by atoms with Crippen molar-refractivity contribution >= 4 is 17.0 Å². The molecule has 1 N–H and O–H groups in total. The Balaban J connectivity index is 1.76. The molecule has 1 aliphatic carbocycles. The van der Waals surface area contributed by atoms with Gasteiger partial charge in [0.15, 0.2) is 0 Å². The van der Waals surface area contributed by atoms with Crippen molar-refractivity contribution in [1.29, 1.82) is 0 Å². The van der Waals surface area contributed by atoms with Gasteiger partial charge in [-0.2, -0.15) is 0 Å². The molecule has 4 nitrogen and oxygen atoms in total. The molecule has 0 saturated heterocycles. The third-order valence-electron chi connectivity index (χ3n) is 3.13. The van der Waals surface area contributed by atoms with Gasteiger partial charge in [0.25, 0.3) is 0 Å². The van der Waals surface area contributed by atoms with Crippen LogP contribution in [0.15, 0.2) is 24.3 Å². The fourth-order valence-electron chi connectivity index (χ4n) is 1.89. The molecule has 1 aromatic heterocycles. The molecule has 1 heterocycles. The molecular formula is C12H14N4. The first-order valence-corrected chi connectivity index (χ1v) is 5.75. The Bertz CT molecular complexity index is 493.